The van der Waals surface area contributed by atoms with Gasteiger partial charge in [0.2, 0.25) is 0 Å². The van der Waals surface area contributed by atoms with Crippen LogP contribution >= 0.6 is 11.3 Å². The Morgan fingerprint density at radius 3 is 2.55 bits per heavy atom. The van der Waals surface area contributed by atoms with Crippen LogP contribution in [0.4, 0.5) is 0 Å². The monoisotopic (exact) mass is 434 g/mol. The van der Waals surface area contributed by atoms with Gasteiger partial charge in [0.25, 0.3) is 11.8 Å². The minimum atomic E-state index is -0.0748. The van der Waals surface area contributed by atoms with Crippen molar-refractivity contribution in [2.45, 2.75) is 25.3 Å². The molecule has 3 heterocycles. The van der Waals surface area contributed by atoms with Gasteiger partial charge >= 0.3 is 0 Å². The highest BCUT2D eigenvalue weighted by Crippen LogP contribution is 2.28. The minimum absolute atomic E-state index is 0.0639. The highest BCUT2D eigenvalue weighted by Gasteiger charge is 2.33. The van der Waals surface area contributed by atoms with E-state index in [-0.39, 0.29) is 17.9 Å². The SMILES string of the molecule is CN(C(=O)c1cccs1)C(Cc1ccccc1)C1CCN(C(=O)c2cnccn2)CC1. The first-order valence-corrected chi connectivity index (χ1v) is 11.4. The summed E-state index contributed by atoms with van der Waals surface area (Å²) in [6, 6.07) is 14.2. The van der Waals surface area contributed by atoms with Crippen LogP contribution in [0.1, 0.15) is 38.6 Å². The molecule has 160 valence electrons. The van der Waals surface area contributed by atoms with E-state index in [1.807, 2.05) is 52.6 Å². The molecule has 0 saturated carbocycles. The molecule has 0 radical (unpaired) electrons. The number of hydrogen-bond donors (Lipinski definition) is 0. The van der Waals surface area contributed by atoms with E-state index in [0.717, 1.165) is 24.1 Å². The molecule has 6 nitrogen and oxygen atoms in total. The normalized spacial score (nSPS) is 15.5. The van der Waals surface area contributed by atoms with E-state index in [0.29, 0.717) is 24.7 Å². The van der Waals surface area contributed by atoms with Crippen molar-refractivity contribution in [1.29, 1.82) is 0 Å². The zero-order valence-corrected chi connectivity index (χ0v) is 18.4. The molecule has 1 atom stereocenters. The molecule has 1 unspecified atom stereocenters. The molecule has 1 aliphatic heterocycles. The van der Waals surface area contributed by atoms with E-state index in [9.17, 15) is 9.59 Å². The minimum Gasteiger partial charge on any atom is -0.337 e. The van der Waals surface area contributed by atoms with E-state index in [1.54, 1.807) is 12.4 Å². The third kappa shape index (κ3) is 4.99. The van der Waals surface area contributed by atoms with Crippen LogP contribution < -0.4 is 0 Å². The Balaban J connectivity index is 1.48. The van der Waals surface area contributed by atoms with Crippen LogP contribution in [0.15, 0.2) is 66.4 Å². The third-order valence-electron chi connectivity index (χ3n) is 5.99. The number of carbonyl (C=O) groups is 2. The van der Waals surface area contributed by atoms with Crippen molar-refractivity contribution in [2.24, 2.45) is 5.92 Å². The van der Waals surface area contributed by atoms with E-state index in [2.05, 4.69) is 22.1 Å². The Hall–Kier alpha value is -3.06. The fourth-order valence-electron chi connectivity index (χ4n) is 4.26. The quantitative estimate of drug-likeness (QED) is 0.592. The molecule has 4 rings (SSSR count). The van der Waals surface area contributed by atoms with Crippen LogP contribution in [-0.2, 0) is 6.42 Å². The van der Waals surface area contributed by atoms with Crippen LogP contribution in [-0.4, -0.2) is 57.8 Å². The Morgan fingerprint density at radius 1 is 1.13 bits per heavy atom. The summed E-state index contributed by atoms with van der Waals surface area (Å²) in [6.07, 6.45) is 7.13. The Morgan fingerprint density at radius 2 is 1.90 bits per heavy atom. The lowest BCUT2D eigenvalue weighted by atomic mass is 9.84. The summed E-state index contributed by atoms with van der Waals surface area (Å²) >= 11 is 1.47. The average molecular weight is 435 g/mol. The van der Waals surface area contributed by atoms with E-state index < -0.39 is 0 Å². The number of aromatic nitrogens is 2. The van der Waals surface area contributed by atoms with Gasteiger partial charge in [0.05, 0.1) is 11.1 Å². The zero-order valence-electron chi connectivity index (χ0n) is 17.6. The van der Waals surface area contributed by atoms with Crippen molar-refractivity contribution < 1.29 is 9.59 Å². The summed E-state index contributed by atoms with van der Waals surface area (Å²) in [5.41, 5.74) is 1.60. The number of hydrogen-bond acceptors (Lipinski definition) is 5. The molecule has 1 aliphatic rings. The van der Waals surface area contributed by atoms with Crippen LogP contribution in [0.5, 0.6) is 0 Å². The standard InChI is InChI=1S/C24H26N4O2S/c1-27(24(30)22-8-5-15-31-22)21(16-18-6-3-2-4-7-18)19-9-13-28(14-10-19)23(29)20-17-25-11-12-26-20/h2-8,11-12,15,17,19,21H,9-10,13-14,16H2,1H3. The number of thiophene rings is 1. The Labute approximate surface area is 186 Å². The van der Waals surface area contributed by atoms with Gasteiger partial charge in [0.15, 0.2) is 0 Å². The predicted molar refractivity (Wildman–Crippen MR) is 121 cm³/mol. The number of benzene rings is 1. The van der Waals surface area contributed by atoms with Gasteiger partial charge < -0.3 is 9.80 Å². The number of rotatable bonds is 6. The first-order valence-electron chi connectivity index (χ1n) is 10.5. The fraction of sp³-hybridized carbons (Fsp3) is 0.333. The van der Waals surface area contributed by atoms with Crippen LogP contribution in [0.2, 0.25) is 0 Å². The molecule has 0 spiro atoms. The summed E-state index contributed by atoms with van der Waals surface area (Å²) in [4.78, 5) is 38.5. The van der Waals surface area contributed by atoms with Gasteiger partial charge in [-0.2, -0.15) is 0 Å². The maximum atomic E-state index is 13.1. The smallest absolute Gasteiger partial charge is 0.274 e. The third-order valence-corrected chi connectivity index (χ3v) is 6.85. The van der Waals surface area contributed by atoms with Gasteiger partial charge in [0.1, 0.15) is 5.69 Å². The van der Waals surface area contributed by atoms with Gasteiger partial charge in [0, 0.05) is 38.6 Å². The molecule has 3 aromatic rings. The number of carbonyl (C=O) groups excluding carboxylic acids is 2. The highest BCUT2D eigenvalue weighted by molar-refractivity contribution is 7.12. The van der Waals surface area contributed by atoms with Crippen molar-refractivity contribution in [3.63, 3.8) is 0 Å². The molecule has 0 bridgehead atoms. The summed E-state index contributed by atoms with van der Waals surface area (Å²) in [7, 11) is 1.91. The van der Waals surface area contributed by atoms with Crippen molar-refractivity contribution in [1.82, 2.24) is 19.8 Å². The predicted octanol–water partition coefficient (Wildman–Crippen LogP) is 3.77. The lowest BCUT2D eigenvalue weighted by Crippen LogP contribution is -2.48. The van der Waals surface area contributed by atoms with Gasteiger partial charge in [-0.3, -0.25) is 14.6 Å². The van der Waals surface area contributed by atoms with Gasteiger partial charge in [-0.1, -0.05) is 36.4 Å². The highest BCUT2D eigenvalue weighted by atomic mass is 32.1. The molecular weight excluding hydrogens is 408 g/mol. The second-order valence-electron chi connectivity index (χ2n) is 7.87. The van der Waals surface area contributed by atoms with Gasteiger partial charge in [-0.05, 0) is 42.2 Å². The molecule has 2 aromatic heterocycles. The largest absolute Gasteiger partial charge is 0.337 e. The van der Waals surface area contributed by atoms with E-state index in [4.69, 9.17) is 0 Å². The van der Waals surface area contributed by atoms with Crippen molar-refractivity contribution in [3.8, 4) is 0 Å². The second-order valence-corrected chi connectivity index (χ2v) is 8.82. The van der Waals surface area contributed by atoms with Crippen molar-refractivity contribution in [3.05, 3.63) is 82.6 Å². The van der Waals surface area contributed by atoms with Gasteiger partial charge in [-0.25, -0.2) is 4.98 Å². The van der Waals surface area contributed by atoms with E-state index >= 15 is 0 Å². The molecule has 2 amide bonds. The first-order chi connectivity index (χ1) is 15.1. The topological polar surface area (TPSA) is 66.4 Å². The zero-order chi connectivity index (χ0) is 21.6. The first kappa shape index (κ1) is 21.2. The lowest BCUT2D eigenvalue weighted by Gasteiger charge is -2.40. The molecule has 1 fully saturated rings. The Bertz CT molecular complexity index is 987. The number of nitrogens with zero attached hydrogens (tertiary/aromatic N) is 4. The van der Waals surface area contributed by atoms with Crippen LogP contribution in [0.3, 0.4) is 0 Å². The average Bonchev–Trinajstić information content (AvgIpc) is 3.38. The molecule has 1 aromatic carbocycles. The maximum absolute atomic E-state index is 13.1. The molecule has 0 N–H and O–H groups in total. The molecule has 7 heteroatoms. The summed E-state index contributed by atoms with van der Waals surface area (Å²) < 4.78 is 0. The lowest BCUT2D eigenvalue weighted by molar-refractivity contribution is 0.0522. The fourth-order valence-corrected chi connectivity index (χ4v) is 4.96. The molecule has 0 aliphatic carbocycles. The van der Waals surface area contributed by atoms with E-state index in [1.165, 1.54) is 23.1 Å². The summed E-state index contributed by atoms with van der Waals surface area (Å²) in [5, 5.41) is 1.93. The Kier molecular flexibility index (Phi) is 6.72. The summed E-state index contributed by atoms with van der Waals surface area (Å²) in [6.45, 7) is 1.32. The van der Waals surface area contributed by atoms with Crippen molar-refractivity contribution in [2.75, 3.05) is 20.1 Å². The summed E-state index contributed by atoms with van der Waals surface area (Å²) in [5.74, 6) is 0.309. The van der Waals surface area contributed by atoms with Crippen molar-refractivity contribution >= 4 is 23.2 Å². The number of piperidine rings is 1. The number of likely N-dealkylation sites (tertiary alicyclic amines) is 1. The number of amides is 2. The number of likely N-dealkylation sites (N-methyl/N-ethyl adjacent to an activating group) is 1. The molecular formula is C24H26N4O2S. The van der Waals surface area contributed by atoms with Gasteiger partial charge in [-0.15, -0.1) is 11.3 Å². The maximum Gasteiger partial charge on any atom is 0.274 e. The molecule has 31 heavy (non-hydrogen) atoms. The van der Waals surface area contributed by atoms with Crippen LogP contribution in [0, 0.1) is 5.92 Å². The van der Waals surface area contributed by atoms with Crippen LogP contribution in [0.25, 0.3) is 0 Å². The molecule has 1 saturated heterocycles. The second kappa shape index (κ2) is 9.83.